The zero-order valence-corrected chi connectivity index (χ0v) is 22.1. The van der Waals surface area contributed by atoms with Crippen molar-refractivity contribution in [2.24, 2.45) is 7.05 Å². The van der Waals surface area contributed by atoms with E-state index in [0.717, 1.165) is 11.1 Å². The standard InChI is InChI=1S/C30H26FN5O4/c1-34(2)28(38)18-13-12-17-14-15-36(25(20(17)16-18)19-8-4-5-9-21(19)31)30-33-24(26(37)29(39)35(30)3)27-32-22-10-6-7-11-23(22)40-27/h4-13,16,25,37H,14-15H2,1-3H3. The highest BCUT2D eigenvalue weighted by Crippen LogP contribution is 2.40. The summed E-state index contributed by atoms with van der Waals surface area (Å²) in [7, 11) is 4.85. The van der Waals surface area contributed by atoms with Crippen molar-refractivity contribution in [2.45, 2.75) is 12.5 Å². The number of anilines is 1. The van der Waals surface area contributed by atoms with Crippen molar-refractivity contribution >= 4 is 23.0 Å². The van der Waals surface area contributed by atoms with Gasteiger partial charge in [-0.25, -0.2) is 14.4 Å². The van der Waals surface area contributed by atoms with Gasteiger partial charge in [0.15, 0.2) is 11.3 Å². The summed E-state index contributed by atoms with van der Waals surface area (Å²) in [5.41, 5.74) is 2.75. The summed E-state index contributed by atoms with van der Waals surface area (Å²) in [4.78, 5) is 38.5. The molecule has 0 aliphatic carbocycles. The van der Waals surface area contributed by atoms with Crippen molar-refractivity contribution in [1.82, 2.24) is 19.4 Å². The van der Waals surface area contributed by atoms with Gasteiger partial charge in [0.2, 0.25) is 11.7 Å². The summed E-state index contributed by atoms with van der Waals surface area (Å²) < 4.78 is 22.4. The Morgan fingerprint density at radius 1 is 1.05 bits per heavy atom. The second kappa shape index (κ2) is 9.64. The van der Waals surface area contributed by atoms with E-state index in [1.165, 1.54) is 22.6 Å². The van der Waals surface area contributed by atoms with Crippen LogP contribution in [0.4, 0.5) is 10.3 Å². The van der Waals surface area contributed by atoms with Gasteiger partial charge in [0.05, 0.1) is 6.04 Å². The molecular weight excluding hydrogens is 513 g/mol. The SMILES string of the molecule is CN(C)C(=O)c1ccc2c(c1)C(c1ccccc1F)N(c1nc(-c3nc4ccccc4o3)c(O)c(=O)n1C)CC2. The van der Waals surface area contributed by atoms with E-state index in [9.17, 15) is 14.7 Å². The summed E-state index contributed by atoms with van der Waals surface area (Å²) in [6.45, 7) is 0.394. The second-order valence-corrected chi connectivity index (χ2v) is 9.94. The van der Waals surface area contributed by atoms with Crippen molar-refractivity contribution in [1.29, 1.82) is 0 Å². The summed E-state index contributed by atoms with van der Waals surface area (Å²) in [6, 6.07) is 18.2. The molecule has 1 N–H and O–H groups in total. The van der Waals surface area contributed by atoms with Crippen LogP contribution in [0.1, 0.15) is 33.1 Å². The number of amides is 1. The van der Waals surface area contributed by atoms with Crippen LogP contribution in [0, 0.1) is 5.82 Å². The third-order valence-corrected chi connectivity index (χ3v) is 7.22. The summed E-state index contributed by atoms with van der Waals surface area (Å²) in [5, 5.41) is 10.8. The quantitative estimate of drug-likeness (QED) is 0.363. The molecule has 5 aromatic rings. The molecule has 1 aliphatic rings. The first-order chi connectivity index (χ1) is 19.2. The maximum atomic E-state index is 15.4. The second-order valence-electron chi connectivity index (χ2n) is 9.94. The molecule has 0 bridgehead atoms. The molecule has 0 spiro atoms. The molecule has 6 rings (SSSR count). The molecule has 1 atom stereocenters. The molecule has 1 amide bonds. The van der Waals surface area contributed by atoms with Crippen LogP contribution in [0.2, 0.25) is 0 Å². The predicted octanol–water partition coefficient (Wildman–Crippen LogP) is 4.29. The molecule has 202 valence electrons. The molecule has 2 aromatic heterocycles. The average molecular weight is 540 g/mol. The zero-order valence-electron chi connectivity index (χ0n) is 22.1. The topological polar surface area (TPSA) is 105 Å². The van der Waals surface area contributed by atoms with Crippen molar-refractivity contribution in [3.05, 3.63) is 105 Å². The lowest BCUT2D eigenvalue weighted by Gasteiger charge is -2.39. The third kappa shape index (κ3) is 4.08. The van der Waals surface area contributed by atoms with Crippen LogP contribution in [-0.2, 0) is 13.5 Å². The number of hydrogen-bond donors (Lipinski definition) is 1. The molecular formula is C30H26FN5O4. The van der Waals surface area contributed by atoms with Crippen LogP contribution in [0.3, 0.4) is 0 Å². The Hall–Kier alpha value is -4.99. The van der Waals surface area contributed by atoms with Gasteiger partial charge in [-0.05, 0) is 47.9 Å². The third-order valence-electron chi connectivity index (χ3n) is 7.22. The molecule has 3 aromatic carbocycles. The number of rotatable bonds is 4. The van der Waals surface area contributed by atoms with Gasteiger partial charge in [-0.3, -0.25) is 14.2 Å². The normalized spacial score (nSPS) is 14.8. The maximum Gasteiger partial charge on any atom is 0.297 e. The fourth-order valence-corrected chi connectivity index (χ4v) is 5.21. The van der Waals surface area contributed by atoms with E-state index in [0.29, 0.717) is 35.2 Å². The lowest BCUT2D eigenvalue weighted by atomic mass is 9.86. The highest BCUT2D eigenvalue weighted by atomic mass is 19.1. The highest BCUT2D eigenvalue weighted by Gasteiger charge is 2.35. The van der Waals surface area contributed by atoms with Crippen LogP contribution in [-0.4, -0.2) is 51.1 Å². The average Bonchev–Trinajstić information content (AvgIpc) is 3.39. The van der Waals surface area contributed by atoms with E-state index >= 15 is 4.39 Å². The molecule has 1 unspecified atom stereocenters. The Balaban J connectivity index is 1.57. The Bertz CT molecular complexity index is 1810. The number of nitrogens with zero attached hydrogens (tertiary/aromatic N) is 5. The number of aromatic hydroxyl groups is 1. The predicted molar refractivity (Wildman–Crippen MR) is 148 cm³/mol. The van der Waals surface area contributed by atoms with E-state index < -0.39 is 23.2 Å². The molecule has 0 saturated carbocycles. The van der Waals surface area contributed by atoms with Crippen LogP contribution >= 0.6 is 0 Å². The van der Waals surface area contributed by atoms with E-state index in [4.69, 9.17) is 4.42 Å². The van der Waals surface area contributed by atoms with Gasteiger partial charge in [0.25, 0.3) is 17.4 Å². The first kappa shape index (κ1) is 25.3. The number of para-hydroxylation sites is 2. The van der Waals surface area contributed by atoms with E-state index in [-0.39, 0.29) is 23.4 Å². The molecule has 0 fully saturated rings. The Morgan fingerprint density at radius 3 is 2.55 bits per heavy atom. The minimum atomic E-state index is -0.709. The number of carbonyl (C=O) groups excluding carboxylic acids is 1. The molecule has 1 aliphatic heterocycles. The maximum absolute atomic E-state index is 15.4. The van der Waals surface area contributed by atoms with Crippen molar-refractivity contribution in [2.75, 3.05) is 25.5 Å². The number of hydrogen-bond acceptors (Lipinski definition) is 7. The number of fused-ring (bicyclic) bond motifs is 2. The summed E-state index contributed by atoms with van der Waals surface area (Å²) in [6.07, 6.45) is 0.561. The van der Waals surface area contributed by atoms with E-state index in [2.05, 4.69) is 9.97 Å². The summed E-state index contributed by atoms with van der Waals surface area (Å²) in [5.74, 6) is -1.02. The fourth-order valence-electron chi connectivity index (χ4n) is 5.21. The van der Waals surface area contributed by atoms with Crippen LogP contribution < -0.4 is 10.5 Å². The van der Waals surface area contributed by atoms with Crippen LogP contribution in [0.25, 0.3) is 22.7 Å². The summed E-state index contributed by atoms with van der Waals surface area (Å²) >= 11 is 0. The number of oxazole rings is 1. The van der Waals surface area contributed by atoms with Crippen molar-refractivity contribution in [3.63, 3.8) is 0 Å². The van der Waals surface area contributed by atoms with Crippen LogP contribution in [0.5, 0.6) is 5.75 Å². The largest absolute Gasteiger partial charge is 0.501 e. The van der Waals surface area contributed by atoms with Crippen molar-refractivity contribution < 1.29 is 18.7 Å². The molecule has 0 saturated heterocycles. The number of halogens is 1. The highest BCUT2D eigenvalue weighted by molar-refractivity contribution is 5.94. The smallest absolute Gasteiger partial charge is 0.297 e. The van der Waals surface area contributed by atoms with Gasteiger partial charge in [0, 0.05) is 38.8 Å². The lowest BCUT2D eigenvalue weighted by Crippen LogP contribution is -2.40. The van der Waals surface area contributed by atoms with Crippen molar-refractivity contribution in [3.8, 4) is 17.3 Å². The monoisotopic (exact) mass is 539 g/mol. The first-order valence-corrected chi connectivity index (χ1v) is 12.8. The molecule has 10 heteroatoms. The Kier molecular flexibility index (Phi) is 6.10. The van der Waals surface area contributed by atoms with Gasteiger partial charge < -0.3 is 19.3 Å². The Morgan fingerprint density at radius 2 is 1.80 bits per heavy atom. The minimum absolute atomic E-state index is 0.00336. The minimum Gasteiger partial charge on any atom is -0.501 e. The van der Waals surface area contributed by atoms with Gasteiger partial charge >= 0.3 is 0 Å². The zero-order chi connectivity index (χ0) is 28.1. The van der Waals surface area contributed by atoms with Gasteiger partial charge in [0.1, 0.15) is 11.3 Å². The van der Waals surface area contributed by atoms with Crippen LogP contribution in [0.15, 0.2) is 75.9 Å². The molecule has 3 heterocycles. The Labute approximate surface area is 228 Å². The fraction of sp³-hybridized carbons (Fsp3) is 0.200. The van der Waals surface area contributed by atoms with E-state index in [1.807, 2.05) is 11.0 Å². The number of aromatic nitrogens is 3. The van der Waals surface area contributed by atoms with E-state index in [1.54, 1.807) is 68.7 Å². The number of benzene rings is 3. The lowest BCUT2D eigenvalue weighted by molar-refractivity contribution is 0.0827. The van der Waals surface area contributed by atoms with Gasteiger partial charge in [-0.1, -0.05) is 36.4 Å². The molecule has 40 heavy (non-hydrogen) atoms. The van der Waals surface area contributed by atoms with Gasteiger partial charge in [-0.15, -0.1) is 0 Å². The van der Waals surface area contributed by atoms with Gasteiger partial charge in [-0.2, -0.15) is 0 Å². The molecule has 0 radical (unpaired) electrons. The molecule has 9 nitrogen and oxygen atoms in total. The number of carbonyl (C=O) groups is 1. The first-order valence-electron chi connectivity index (χ1n) is 12.8.